The lowest BCUT2D eigenvalue weighted by molar-refractivity contribution is -0.114. The summed E-state index contributed by atoms with van der Waals surface area (Å²) in [5, 5.41) is 2.26. The molecule has 4 rings (SSSR count). The Balaban J connectivity index is 1.34. The Morgan fingerprint density at radius 3 is 2.63 bits per heavy atom. The third kappa shape index (κ3) is 3.31. The van der Waals surface area contributed by atoms with Crippen molar-refractivity contribution in [2.24, 2.45) is 0 Å². The van der Waals surface area contributed by atoms with Gasteiger partial charge in [-0.25, -0.2) is 0 Å². The van der Waals surface area contributed by atoms with Crippen LogP contribution in [0.2, 0.25) is 0 Å². The number of anilines is 1. The van der Waals surface area contributed by atoms with Gasteiger partial charge in [0.05, 0.1) is 17.9 Å². The predicted molar refractivity (Wildman–Crippen MR) is 107 cm³/mol. The predicted octanol–water partition coefficient (Wildman–Crippen LogP) is 4.54. The highest BCUT2D eigenvalue weighted by atomic mass is 16.5. The molecule has 136 valence electrons. The summed E-state index contributed by atoms with van der Waals surface area (Å²) in [4.78, 5) is 26.0. The summed E-state index contributed by atoms with van der Waals surface area (Å²) in [6, 6.07) is 19.8. The van der Waals surface area contributed by atoms with E-state index in [0.717, 1.165) is 40.6 Å². The van der Waals surface area contributed by atoms with E-state index in [1.807, 2.05) is 43.3 Å². The number of benzene rings is 3. The van der Waals surface area contributed by atoms with Crippen molar-refractivity contribution in [2.75, 3.05) is 18.1 Å². The van der Waals surface area contributed by atoms with Crippen LogP contribution in [0.25, 0.3) is 10.8 Å². The first-order chi connectivity index (χ1) is 13.1. The van der Waals surface area contributed by atoms with E-state index in [0.29, 0.717) is 18.7 Å². The van der Waals surface area contributed by atoms with Crippen LogP contribution in [0.15, 0.2) is 60.7 Å². The summed E-state index contributed by atoms with van der Waals surface area (Å²) in [6.07, 6.45) is 1.58. The largest absolute Gasteiger partial charge is 0.493 e. The fraction of sp³-hybridized carbons (Fsp3) is 0.217. The number of ketones is 1. The highest BCUT2D eigenvalue weighted by Crippen LogP contribution is 2.30. The van der Waals surface area contributed by atoms with Crippen molar-refractivity contribution in [1.82, 2.24) is 0 Å². The minimum atomic E-state index is -0.425. The zero-order valence-electron chi connectivity index (χ0n) is 15.3. The summed E-state index contributed by atoms with van der Waals surface area (Å²) in [5.41, 5.74) is 2.23. The molecule has 27 heavy (non-hydrogen) atoms. The molecular formula is C23H21NO3. The Hall–Kier alpha value is -3.14. The van der Waals surface area contributed by atoms with Gasteiger partial charge in [0.1, 0.15) is 5.75 Å². The first-order valence-corrected chi connectivity index (χ1v) is 9.22. The first-order valence-electron chi connectivity index (χ1n) is 9.22. The van der Waals surface area contributed by atoms with Gasteiger partial charge < -0.3 is 9.64 Å². The van der Waals surface area contributed by atoms with Crippen molar-refractivity contribution in [3.63, 3.8) is 0 Å². The quantitative estimate of drug-likeness (QED) is 0.480. The average molecular weight is 359 g/mol. The van der Waals surface area contributed by atoms with Crippen LogP contribution in [-0.4, -0.2) is 24.8 Å². The minimum Gasteiger partial charge on any atom is -0.493 e. The lowest BCUT2D eigenvalue weighted by atomic mass is 10.1. The van der Waals surface area contributed by atoms with Gasteiger partial charge in [0.25, 0.3) is 11.7 Å². The number of rotatable bonds is 6. The van der Waals surface area contributed by atoms with Crippen LogP contribution in [-0.2, 0) is 4.79 Å². The van der Waals surface area contributed by atoms with Crippen molar-refractivity contribution < 1.29 is 14.3 Å². The highest BCUT2D eigenvalue weighted by molar-refractivity contribution is 6.52. The number of unbranched alkanes of at least 4 members (excludes halogenated alkanes) is 1. The van der Waals surface area contributed by atoms with Gasteiger partial charge in [-0.05, 0) is 43.4 Å². The average Bonchev–Trinajstić information content (AvgIpc) is 2.92. The van der Waals surface area contributed by atoms with Crippen molar-refractivity contribution >= 4 is 28.2 Å². The van der Waals surface area contributed by atoms with Crippen LogP contribution in [0.3, 0.4) is 0 Å². The summed E-state index contributed by atoms with van der Waals surface area (Å²) < 4.78 is 5.95. The molecule has 4 heteroatoms. The molecule has 1 aliphatic heterocycles. The number of fused-ring (bicyclic) bond motifs is 2. The van der Waals surface area contributed by atoms with Gasteiger partial charge >= 0.3 is 0 Å². The normalized spacial score (nSPS) is 13.3. The van der Waals surface area contributed by atoms with Gasteiger partial charge in [-0.15, -0.1) is 0 Å². The molecule has 0 aliphatic carbocycles. The van der Waals surface area contributed by atoms with Gasteiger partial charge in [-0.1, -0.05) is 48.0 Å². The second-order valence-corrected chi connectivity index (χ2v) is 6.84. The molecule has 0 N–H and O–H groups in total. The molecule has 0 bridgehead atoms. The first kappa shape index (κ1) is 17.3. The van der Waals surface area contributed by atoms with Crippen LogP contribution < -0.4 is 9.64 Å². The number of nitrogens with zero attached hydrogens (tertiary/aromatic N) is 1. The summed E-state index contributed by atoms with van der Waals surface area (Å²) in [6.45, 7) is 3.02. The maximum Gasteiger partial charge on any atom is 0.299 e. The molecule has 3 aromatic rings. The monoisotopic (exact) mass is 359 g/mol. The number of amides is 1. The van der Waals surface area contributed by atoms with Crippen molar-refractivity contribution in [3.05, 3.63) is 71.8 Å². The summed E-state index contributed by atoms with van der Waals surface area (Å²) in [7, 11) is 0. The van der Waals surface area contributed by atoms with Gasteiger partial charge in [0.2, 0.25) is 0 Å². The minimum absolute atomic E-state index is 0.402. The number of aryl methyl sites for hydroxylation is 1. The van der Waals surface area contributed by atoms with Crippen molar-refractivity contribution in [1.29, 1.82) is 0 Å². The Morgan fingerprint density at radius 2 is 1.74 bits per heavy atom. The second-order valence-electron chi connectivity index (χ2n) is 6.84. The van der Waals surface area contributed by atoms with E-state index in [1.165, 1.54) is 0 Å². The molecule has 0 unspecified atom stereocenters. The number of Topliss-reactive ketones (excluding diaryl/α,β-unsaturated/α-hetero) is 1. The lowest BCUT2D eigenvalue weighted by Crippen LogP contribution is -2.30. The zero-order chi connectivity index (χ0) is 18.8. The number of carbonyl (C=O) groups excluding carboxylic acids is 2. The standard InChI is InChI=1S/C23H21NO3/c1-16-11-12-20-19(15-16)22(25)23(26)24(20)13-4-5-14-27-21-10-6-8-17-7-2-3-9-18(17)21/h2-3,6-12,15H,4-5,13-14H2,1H3. The van der Waals surface area contributed by atoms with Crippen LogP contribution in [0.5, 0.6) is 5.75 Å². The SMILES string of the molecule is Cc1ccc2c(c1)C(=O)C(=O)N2CCCCOc1cccc2ccccc12. The second kappa shape index (κ2) is 7.23. The van der Waals surface area contributed by atoms with Crippen LogP contribution >= 0.6 is 0 Å². The van der Waals surface area contributed by atoms with E-state index in [2.05, 4.69) is 18.2 Å². The molecule has 3 aromatic carbocycles. The number of hydrogen-bond donors (Lipinski definition) is 0. The van der Waals surface area contributed by atoms with Crippen LogP contribution in [0.4, 0.5) is 5.69 Å². The van der Waals surface area contributed by atoms with Crippen molar-refractivity contribution in [3.8, 4) is 5.75 Å². The molecule has 0 atom stereocenters. The van der Waals surface area contributed by atoms with Gasteiger partial charge in [-0.2, -0.15) is 0 Å². The molecule has 0 radical (unpaired) electrons. The molecule has 1 aliphatic rings. The van der Waals surface area contributed by atoms with E-state index in [9.17, 15) is 9.59 Å². The summed E-state index contributed by atoms with van der Waals surface area (Å²) in [5.74, 6) is 0.0487. The van der Waals surface area contributed by atoms with Crippen LogP contribution in [0.1, 0.15) is 28.8 Å². The molecule has 0 spiro atoms. The van der Waals surface area contributed by atoms with E-state index < -0.39 is 11.7 Å². The van der Waals surface area contributed by atoms with E-state index in [1.54, 1.807) is 11.0 Å². The van der Waals surface area contributed by atoms with E-state index >= 15 is 0 Å². The maximum atomic E-state index is 12.3. The topological polar surface area (TPSA) is 46.6 Å². The smallest absolute Gasteiger partial charge is 0.299 e. The Morgan fingerprint density at radius 1 is 0.926 bits per heavy atom. The fourth-order valence-electron chi connectivity index (χ4n) is 3.51. The molecule has 1 heterocycles. The number of hydrogen-bond acceptors (Lipinski definition) is 3. The Bertz CT molecular complexity index is 1020. The Labute approximate surface area is 158 Å². The maximum absolute atomic E-state index is 12.3. The fourth-order valence-corrected chi connectivity index (χ4v) is 3.51. The number of carbonyl (C=O) groups is 2. The molecule has 0 saturated heterocycles. The third-order valence-corrected chi connectivity index (χ3v) is 4.91. The lowest BCUT2D eigenvalue weighted by Gasteiger charge is -2.16. The highest BCUT2D eigenvalue weighted by Gasteiger charge is 2.35. The molecular weight excluding hydrogens is 338 g/mol. The summed E-state index contributed by atoms with van der Waals surface area (Å²) >= 11 is 0. The van der Waals surface area contributed by atoms with Gasteiger partial charge in [-0.3, -0.25) is 9.59 Å². The molecule has 0 fully saturated rings. The Kier molecular flexibility index (Phi) is 4.63. The molecule has 0 aromatic heterocycles. The van der Waals surface area contributed by atoms with Gasteiger partial charge in [0, 0.05) is 11.9 Å². The zero-order valence-corrected chi connectivity index (χ0v) is 15.3. The third-order valence-electron chi connectivity index (χ3n) is 4.91. The molecule has 4 nitrogen and oxygen atoms in total. The van der Waals surface area contributed by atoms with E-state index in [4.69, 9.17) is 4.74 Å². The molecule has 0 saturated carbocycles. The van der Waals surface area contributed by atoms with Crippen LogP contribution in [0, 0.1) is 6.92 Å². The molecule has 1 amide bonds. The number of ether oxygens (including phenoxy) is 1. The van der Waals surface area contributed by atoms with E-state index in [-0.39, 0.29) is 0 Å². The van der Waals surface area contributed by atoms with Gasteiger partial charge in [0.15, 0.2) is 0 Å². The van der Waals surface area contributed by atoms with Crippen molar-refractivity contribution in [2.45, 2.75) is 19.8 Å².